The van der Waals surface area contributed by atoms with Crippen molar-refractivity contribution in [2.75, 3.05) is 13.1 Å². The lowest BCUT2D eigenvalue weighted by Crippen LogP contribution is -2.46. The summed E-state index contributed by atoms with van der Waals surface area (Å²) < 4.78 is 2.05. The molecule has 1 atom stereocenters. The lowest BCUT2D eigenvalue weighted by atomic mass is 10.0. The molecule has 0 bridgehead atoms. The van der Waals surface area contributed by atoms with Crippen molar-refractivity contribution >= 4 is 5.91 Å². The quantitative estimate of drug-likeness (QED) is 0.912. The molecule has 1 aromatic heterocycles. The van der Waals surface area contributed by atoms with Crippen LogP contribution in [0, 0.1) is 5.92 Å². The van der Waals surface area contributed by atoms with E-state index in [0.29, 0.717) is 6.04 Å². The summed E-state index contributed by atoms with van der Waals surface area (Å²) in [6, 6.07) is 0.713. The second kappa shape index (κ2) is 6.39. The molecular formula is C15H26N4O. The molecule has 20 heavy (non-hydrogen) atoms. The van der Waals surface area contributed by atoms with E-state index in [1.807, 2.05) is 38.2 Å². The van der Waals surface area contributed by atoms with Crippen LogP contribution in [0.25, 0.3) is 0 Å². The van der Waals surface area contributed by atoms with Crippen LogP contribution in [-0.2, 0) is 11.8 Å². The summed E-state index contributed by atoms with van der Waals surface area (Å²) in [5.41, 5.74) is 0. The molecule has 2 heterocycles. The highest BCUT2D eigenvalue weighted by atomic mass is 16.2. The molecule has 5 heteroatoms. The third-order valence-electron chi connectivity index (χ3n) is 4.03. The summed E-state index contributed by atoms with van der Waals surface area (Å²) in [4.78, 5) is 18.3. The third-order valence-corrected chi connectivity index (χ3v) is 4.03. The van der Waals surface area contributed by atoms with Crippen LogP contribution in [0.5, 0.6) is 0 Å². The number of aromatic nitrogens is 2. The number of hydrogen-bond acceptors (Lipinski definition) is 3. The van der Waals surface area contributed by atoms with Crippen molar-refractivity contribution in [1.82, 2.24) is 19.8 Å². The molecule has 1 N–H and O–H groups in total. The maximum atomic E-state index is 12.0. The average molecular weight is 278 g/mol. The van der Waals surface area contributed by atoms with Gasteiger partial charge >= 0.3 is 0 Å². The van der Waals surface area contributed by atoms with Gasteiger partial charge in [0.15, 0.2) is 0 Å². The molecule has 1 saturated heterocycles. The van der Waals surface area contributed by atoms with Gasteiger partial charge in [0, 0.05) is 44.5 Å². The fraction of sp³-hybridized carbons (Fsp3) is 0.733. The van der Waals surface area contributed by atoms with Crippen molar-refractivity contribution in [3.05, 3.63) is 18.2 Å². The van der Waals surface area contributed by atoms with E-state index in [-0.39, 0.29) is 17.9 Å². The largest absolute Gasteiger partial charge is 0.342 e. The van der Waals surface area contributed by atoms with Gasteiger partial charge in [0.25, 0.3) is 0 Å². The Balaban J connectivity index is 1.83. The monoisotopic (exact) mass is 278 g/mol. The zero-order chi connectivity index (χ0) is 14.7. The molecule has 0 saturated carbocycles. The molecule has 112 valence electrons. The molecule has 1 fully saturated rings. The molecule has 1 aromatic rings. The summed E-state index contributed by atoms with van der Waals surface area (Å²) in [6.07, 6.45) is 5.84. The first kappa shape index (κ1) is 15.0. The van der Waals surface area contributed by atoms with E-state index in [2.05, 4.69) is 21.8 Å². The van der Waals surface area contributed by atoms with Gasteiger partial charge in [-0.15, -0.1) is 0 Å². The molecule has 0 radical (unpaired) electrons. The molecule has 1 aliphatic heterocycles. The number of nitrogens with zero attached hydrogens (tertiary/aromatic N) is 3. The number of carbonyl (C=O) groups is 1. The minimum atomic E-state index is 0.103. The highest BCUT2D eigenvalue weighted by molar-refractivity contribution is 5.78. The number of likely N-dealkylation sites (tertiary alicyclic amines) is 1. The van der Waals surface area contributed by atoms with Gasteiger partial charge in [0.2, 0.25) is 5.91 Å². The Hall–Kier alpha value is -1.36. The van der Waals surface area contributed by atoms with Crippen LogP contribution in [0.4, 0.5) is 0 Å². The molecule has 2 rings (SSSR count). The maximum absolute atomic E-state index is 12.0. The van der Waals surface area contributed by atoms with E-state index in [1.54, 1.807) is 0 Å². The fourth-order valence-corrected chi connectivity index (χ4v) is 2.85. The topological polar surface area (TPSA) is 50.2 Å². The molecular weight excluding hydrogens is 252 g/mol. The summed E-state index contributed by atoms with van der Waals surface area (Å²) in [5, 5.41) is 3.63. The van der Waals surface area contributed by atoms with Gasteiger partial charge in [0.1, 0.15) is 5.82 Å². The Labute approximate surface area is 121 Å². The van der Waals surface area contributed by atoms with Crippen molar-refractivity contribution in [2.45, 2.75) is 45.7 Å². The van der Waals surface area contributed by atoms with Crippen LogP contribution in [0.1, 0.15) is 45.5 Å². The number of carbonyl (C=O) groups excluding carboxylic acids is 1. The first-order valence-corrected chi connectivity index (χ1v) is 7.51. The molecule has 0 spiro atoms. The first-order chi connectivity index (χ1) is 9.49. The van der Waals surface area contributed by atoms with E-state index in [1.165, 1.54) is 0 Å². The van der Waals surface area contributed by atoms with Crippen LogP contribution >= 0.6 is 0 Å². The Bertz CT molecular complexity index is 446. The standard InChI is InChI=1S/C15H26N4O/c1-11(2)15(20)19-8-5-13(6-9-19)17-12(3)14-16-7-10-18(14)4/h7,10-13,17H,5-6,8-9H2,1-4H3. The molecule has 1 amide bonds. The smallest absolute Gasteiger partial charge is 0.225 e. The number of hydrogen-bond donors (Lipinski definition) is 1. The van der Waals surface area contributed by atoms with Gasteiger partial charge < -0.3 is 14.8 Å². The van der Waals surface area contributed by atoms with Gasteiger partial charge in [0.05, 0.1) is 6.04 Å². The predicted octanol–water partition coefficient (Wildman–Crippen LogP) is 1.72. The van der Waals surface area contributed by atoms with Gasteiger partial charge in [-0.3, -0.25) is 4.79 Å². The van der Waals surface area contributed by atoms with Gasteiger partial charge in [-0.2, -0.15) is 0 Å². The second-order valence-electron chi connectivity index (χ2n) is 6.04. The summed E-state index contributed by atoms with van der Waals surface area (Å²) >= 11 is 0. The van der Waals surface area contributed by atoms with Crippen molar-refractivity contribution in [3.63, 3.8) is 0 Å². The SMILES string of the molecule is CC(C)C(=O)N1CCC(NC(C)c2nccn2C)CC1. The van der Waals surface area contributed by atoms with E-state index < -0.39 is 0 Å². The number of imidazole rings is 1. The lowest BCUT2D eigenvalue weighted by molar-refractivity contribution is -0.135. The molecule has 1 aliphatic rings. The van der Waals surface area contributed by atoms with E-state index in [0.717, 1.165) is 31.8 Å². The van der Waals surface area contributed by atoms with Crippen LogP contribution in [-0.4, -0.2) is 39.5 Å². The van der Waals surface area contributed by atoms with Crippen molar-refractivity contribution in [1.29, 1.82) is 0 Å². The number of piperidine rings is 1. The maximum Gasteiger partial charge on any atom is 0.225 e. The van der Waals surface area contributed by atoms with E-state index >= 15 is 0 Å². The highest BCUT2D eigenvalue weighted by Gasteiger charge is 2.25. The first-order valence-electron chi connectivity index (χ1n) is 7.51. The van der Waals surface area contributed by atoms with Crippen LogP contribution < -0.4 is 5.32 Å². The number of amides is 1. The molecule has 0 aliphatic carbocycles. The van der Waals surface area contributed by atoms with Crippen molar-refractivity contribution in [2.24, 2.45) is 13.0 Å². The van der Waals surface area contributed by atoms with Crippen LogP contribution in [0.15, 0.2) is 12.4 Å². The summed E-state index contributed by atoms with van der Waals surface area (Å²) in [7, 11) is 2.02. The number of nitrogens with one attached hydrogen (secondary N) is 1. The van der Waals surface area contributed by atoms with Gasteiger partial charge in [-0.1, -0.05) is 13.8 Å². The normalized spacial score (nSPS) is 18.6. The Morgan fingerprint density at radius 1 is 1.35 bits per heavy atom. The van der Waals surface area contributed by atoms with Crippen molar-refractivity contribution < 1.29 is 4.79 Å². The molecule has 5 nitrogen and oxygen atoms in total. The minimum absolute atomic E-state index is 0.103. The third kappa shape index (κ3) is 3.39. The van der Waals surface area contributed by atoms with Crippen LogP contribution in [0.3, 0.4) is 0 Å². The van der Waals surface area contributed by atoms with Gasteiger partial charge in [-0.25, -0.2) is 4.98 Å². The Kier molecular flexibility index (Phi) is 4.81. The molecule has 1 unspecified atom stereocenters. The van der Waals surface area contributed by atoms with Crippen molar-refractivity contribution in [3.8, 4) is 0 Å². The second-order valence-corrected chi connectivity index (χ2v) is 6.04. The van der Waals surface area contributed by atoms with E-state index in [9.17, 15) is 4.79 Å². The Morgan fingerprint density at radius 3 is 2.50 bits per heavy atom. The molecule has 0 aromatic carbocycles. The predicted molar refractivity (Wildman–Crippen MR) is 79.2 cm³/mol. The van der Waals surface area contributed by atoms with Crippen LogP contribution in [0.2, 0.25) is 0 Å². The minimum Gasteiger partial charge on any atom is -0.342 e. The fourth-order valence-electron chi connectivity index (χ4n) is 2.85. The summed E-state index contributed by atoms with van der Waals surface area (Å²) in [5.74, 6) is 1.44. The zero-order valence-electron chi connectivity index (χ0n) is 13.0. The lowest BCUT2D eigenvalue weighted by Gasteiger charge is -2.34. The number of aryl methyl sites for hydroxylation is 1. The van der Waals surface area contributed by atoms with Gasteiger partial charge in [-0.05, 0) is 19.8 Å². The number of rotatable bonds is 4. The highest BCUT2D eigenvalue weighted by Crippen LogP contribution is 2.17. The average Bonchev–Trinajstić information content (AvgIpc) is 2.85. The zero-order valence-corrected chi connectivity index (χ0v) is 13.0. The Morgan fingerprint density at radius 2 is 2.00 bits per heavy atom. The summed E-state index contributed by atoms with van der Waals surface area (Å²) in [6.45, 7) is 7.81. The van der Waals surface area contributed by atoms with E-state index in [4.69, 9.17) is 0 Å².